The van der Waals surface area contributed by atoms with Gasteiger partial charge in [0.05, 0.1) is 12.3 Å². The van der Waals surface area contributed by atoms with Crippen LogP contribution in [0.3, 0.4) is 0 Å². The van der Waals surface area contributed by atoms with Crippen LogP contribution in [0.5, 0.6) is 5.75 Å². The van der Waals surface area contributed by atoms with Crippen LogP contribution in [0.1, 0.15) is 36.0 Å². The molecule has 0 amide bonds. The van der Waals surface area contributed by atoms with Crippen molar-refractivity contribution >= 4 is 11.7 Å². The maximum atomic E-state index is 13.2. The van der Waals surface area contributed by atoms with E-state index in [1.807, 2.05) is 36.4 Å². The molecule has 0 saturated carbocycles. The van der Waals surface area contributed by atoms with Crippen molar-refractivity contribution in [2.24, 2.45) is 0 Å². The van der Waals surface area contributed by atoms with E-state index in [0.717, 1.165) is 55.3 Å². The van der Waals surface area contributed by atoms with E-state index >= 15 is 0 Å². The number of carboxylic acid groups (broad SMARTS) is 1. The van der Waals surface area contributed by atoms with Gasteiger partial charge in [0.1, 0.15) is 18.2 Å². The minimum Gasteiger partial charge on any atom is -0.489 e. The van der Waals surface area contributed by atoms with Gasteiger partial charge in [-0.1, -0.05) is 42.3 Å². The van der Waals surface area contributed by atoms with Gasteiger partial charge in [0, 0.05) is 38.4 Å². The molecule has 0 bridgehead atoms. The molecule has 4 rings (SSSR count). The van der Waals surface area contributed by atoms with Crippen molar-refractivity contribution in [3.05, 3.63) is 95.3 Å². The third-order valence-corrected chi connectivity index (χ3v) is 6.38. The molecule has 1 N–H and O–H groups in total. The molecule has 186 valence electrons. The van der Waals surface area contributed by atoms with E-state index in [-0.39, 0.29) is 18.2 Å². The molecule has 6 heteroatoms. The molecule has 36 heavy (non-hydrogen) atoms. The maximum absolute atomic E-state index is 13.2. The van der Waals surface area contributed by atoms with Gasteiger partial charge in [0.2, 0.25) is 0 Å². The van der Waals surface area contributed by atoms with Crippen LogP contribution in [0.2, 0.25) is 0 Å². The smallest absolute Gasteiger partial charge is 0.304 e. The predicted molar refractivity (Wildman–Crippen MR) is 140 cm³/mol. The highest BCUT2D eigenvalue weighted by Crippen LogP contribution is 2.23. The summed E-state index contributed by atoms with van der Waals surface area (Å²) in [5.74, 6) is 5.13. The third-order valence-electron chi connectivity index (χ3n) is 6.38. The van der Waals surface area contributed by atoms with Crippen molar-refractivity contribution in [2.75, 3.05) is 31.1 Å². The Morgan fingerprint density at radius 1 is 0.944 bits per heavy atom. The molecule has 1 saturated heterocycles. The summed E-state index contributed by atoms with van der Waals surface area (Å²) in [6.45, 7) is 6.87. The lowest BCUT2D eigenvalue weighted by atomic mass is 9.96. The fraction of sp³-hybridized carbons (Fsp3) is 0.300. The summed E-state index contributed by atoms with van der Waals surface area (Å²) in [5, 5.41) is 9.10. The lowest BCUT2D eigenvalue weighted by molar-refractivity contribution is -0.137. The number of aliphatic carboxylic acids is 1. The Labute approximate surface area is 212 Å². The van der Waals surface area contributed by atoms with Gasteiger partial charge in [-0.25, -0.2) is 4.39 Å². The average molecular weight is 487 g/mol. The third kappa shape index (κ3) is 7.10. The zero-order valence-electron chi connectivity index (χ0n) is 20.5. The summed E-state index contributed by atoms with van der Waals surface area (Å²) in [6.07, 6.45) is -0.0165. The van der Waals surface area contributed by atoms with Gasteiger partial charge < -0.3 is 14.7 Å². The van der Waals surface area contributed by atoms with Crippen LogP contribution >= 0.6 is 0 Å². The molecule has 1 aliphatic heterocycles. The second-order valence-electron chi connectivity index (χ2n) is 8.96. The number of anilines is 1. The first-order valence-corrected chi connectivity index (χ1v) is 12.2. The molecular weight excluding hydrogens is 455 g/mol. The van der Waals surface area contributed by atoms with E-state index in [0.29, 0.717) is 6.61 Å². The van der Waals surface area contributed by atoms with Crippen molar-refractivity contribution in [3.63, 3.8) is 0 Å². The molecule has 1 unspecified atom stereocenters. The van der Waals surface area contributed by atoms with Gasteiger partial charge in [0.25, 0.3) is 0 Å². The number of ether oxygens (including phenoxy) is 1. The van der Waals surface area contributed by atoms with Gasteiger partial charge >= 0.3 is 5.97 Å². The molecule has 1 fully saturated rings. The van der Waals surface area contributed by atoms with E-state index in [1.54, 1.807) is 6.92 Å². The maximum Gasteiger partial charge on any atom is 0.304 e. The van der Waals surface area contributed by atoms with Gasteiger partial charge in [-0.05, 0) is 60.0 Å². The van der Waals surface area contributed by atoms with Crippen molar-refractivity contribution < 1.29 is 19.0 Å². The molecule has 5 nitrogen and oxygen atoms in total. The largest absolute Gasteiger partial charge is 0.489 e. The standard InChI is InChI=1S/C30H31FN2O3/c1-2-3-26(20-30(34)35)25-8-14-29(15-9-25)36-22-24-6-4-23(5-7-24)21-32-16-18-33(19-17-32)28-12-10-27(31)11-13-28/h4-15,26H,16-22H2,1H3,(H,34,35). The Balaban J connectivity index is 1.24. The summed E-state index contributed by atoms with van der Waals surface area (Å²) in [4.78, 5) is 15.8. The minimum absolute atomic E-state index is 0.0165. The zero-order valence-corrected chi connectivity index (χ0v) is 20.5. The number of piperazine rings is 1. The normalized spacial score (nSPS) is 14.6. The van der Waals surface area contributed by atoms with E-state index < -0.39 is 5.97 Å². The minimum atomic E-state index is -0.862. The molecule has 1 atom stereocenters. The first kappa shape index (κ1) is 25.3. The summed E-state index contributed by atoms with van der Waals surface area (Å²) in [6, 6.07) is 22.7. The van der Waals surface area contributed by atoms with Gasteiger partial charge in [0.15, 0.2) is 0 Å². The molecule has 0 aliphatic carbocycles. The first-order valence-electron chi connectivity index (χ1n) is 12.2. The Hall–Kier alpha value is -3.82. The fourth-order valence-electron chi connectivity index (χ4n) is 4.38. The molecule has 0 aromatic heterocycles. The van der Waals surface area contributed by atoms with Crippen LogP contribution in [-0.2, 0) is 17.9 Å². The van der Waals surface area contributed by atoms with Gasteiger partial charge in [-0.3, -0.25) is 9.69 Å². The highest BCUT2D eigenvalue weighted by atomic mass is 19.1. The highest BCUT2D eigenvalue weighted by molar-refractivity contribution is 5.69. The monoisotopic (exact) mass is 486 g/mol. The molecule has 1 aliphatic rings. The van der Waals surface area contributed by atoms with Crippen LogP contribution in [0.25, 0.3) is 0 Å². The molecule has 3 aromatic carbocycles. The topological polar surface area (TPSA) is 53.0 Å². The van der Waals surface area contributed by atoms with Crippen molar-refractivity contribution in [1.29, 1.82) is 0 Å². The number of nitrogens with zero attached hydrogens (tertiary/aromatic N) is 2. The first-order chi connectivity index (χ1) is 17.5. The van der Waals surface area contributed by atoms with Crippen LogP contribution < -0.4 is 9.64 Å². The lowest BCUT2D eigenvalue weighted by Crippen LogP contribution is -2.45. The number of hydrogen-bond donors (Lipinski definition) is 1. The summed E-state index contributed by atoms with van der Waals surface area (Å²) >= 11 is 0. The zero-order chi connectivity index (χ0) is 25.3. The van der Waals surface area contributed by atoms with Crippen molar-refractivity contribution in [3.8, 4) is 17.6 Å². The van der Waals surface area contributed by atoms with Gasteiger partial charge in [-0.15, -0.1) is 5.92 Å². The second-order valence-corrected chi connectivity index (χ2v) is 8.96. The molecule has 0 spiro atoms. The number of carboxylic acids is 1. The quantitative estimate of drug-likeness (QED) is 0.416. The van der Waals surface area contributed by atoms with Crippen LogP contribution in [0.15, 0.2) is 72.8 Å². The van der Waals surface area contributed by atoms with Crippen LogP contribution in [0, 0.1) is 17.7 Å². The molecule has 1 heterocycles. The number of rotatable bonds is 9. The summed E-state index contributed by atoms with van der Waals surface area (Å²) in [5.41, 5.74) is 4.30. The van der Waals surface area contributed by atoms with E-state index in [4.69, 9.17) is 9.84 Å². The average Bonchev–Trinajstić information content (AvgIpc) is 2.89. The Morgan fingerprint density at radius 3 is 2.19 bits per heavy atom. The molecule has 3 aromatic rings. The predicted octanol–water partition coefficient (Wildman–Crippen LogP) is 5.31. The summed E-state index contributed by atoms with van der Waals surface area (Å²) in [7, 11) is 0. The van der Waals surface area contributed by atoms with Crippen LogP contribution in [-0.4, -0.2) is 42.2 Å². The number of benzene rings is 3. The summed E-state index contributed by atoms with van der Waals surface area (Å²) < 4.78 is 19.1. The number of carbonyl (C=O) groups is 1. The molecular formula is C30H31FN2O3. The Kier molecular flexibility index (Phi) is 8.59. The van der Waals surface area contributed by atoms with Gasteiger partial charge in [-0.2, -0.15) is 0 Å². The van der Waals surface area contributed by atoms with E-state index in [2.05, 4.69) is 45.9 Å². The van der Waals surface area contributed by atoms with Crippen molar-refractivity contribution in [1.82, 2.24) is 4.90 Å². The second kappa shape index (κ2) is 12.2. The number of hydrogen-bond acceptors (Lipinski definition) is 4. The Morgan fingerprint density at radius 2 is 1.58 bits per heavy atom. The Bertz CT molecular complexity index is 1190. The van der Waals surface area contributed by atoms with Crippen LogP contribution in [0.4, 0.5) is 10.1 Å². The lowest BCUT2D eigenvalue weighted by Gasteiger charge is -2.36. The van der Waals surface area contributed by atoms with Crippen molar-refractivity contribution in [2.45, 2.75) is 32.4 Å². The number of halogens is 1. The van der Waals surface area contributed by atoms with E-state index in [9.17, 15) is 9.18 Å². The SMILES string of the molecule is CC#CC(CC(=O)O)c1ccc(OCc2ccc(CN3CCN(c4ccc(F)cc4)CC3)cc2)cc1. The molecule has 0 radical (unpaired) electrons. The fourth-order valence-corrected chi connectivity index (χ4v) is 4.38. The highest BCUT2D eigenvalue weighted by Gasteiger charge is 2.17. The van der Waals surface area contributed by atoms with E-state index in [1.165, 1.54) is 17.7 Å².